The Kier molecular flexibility index (Phi) is 39.0. The molecular formula is C50H89ClN4O16S4. The Morgan fingerprint density at radius 1 is 0.533 bits per heavy atom. The minimum Gasteiger partial charge on any atom is -0.466 e. The summed E-state index contributed by atoms with van der Waals surface area (Å²) in [6, 6.07) is 0. The fraction of sp³-hybridized carbons (Fsp3) is 0.840. The molecular weight excluding hydrogens is 1080 g/mol. The summed E-state index contributed by atoms with van der Waals surface area (Å²) < 4.78 is 43.7. The van der Waals surface area contributed by atoms with Crippen LogP contribution in [0.4, 0.5) is 0 Å². The fourth-order valence-electron chi connectivity index (χ4n) is 6.97. The first-order valence-electron chi connectivity index (χ1n) is 25.5. The van der Waals surface area contributed by atoms with Crippen LogP contribution < -0.4 is 11.1 Å². The van der Waals surface area contributed by atoms with Gasteiger partial charge >= 0.3 is 47.8 Å². The Hall–Kier alpha value is -2.71. The van der Waals surface area contributed by atoms with Crippen LogP contribution in [-0.4, -0.2) is 199 Å². The lowest BCUT2D eigenvalue weighted by atomic mass is 9.77. The summed E-state index contributed by atoms with van der Waals surface area (Å²) in [5, 5.41) is 2.96. The zero-order valence-corrected chi connectivity index (χ0v) is 50.6. The molecule has 436 valence electrons. The van der Waals surface area contributed by atoms with Gasteiger partial charge in [-0.05, 0) is 128 Å². The first-order valence-corrected chi connectivity index (χ1v) is 30.8. The van der Waals surface area contributed by atoms with Crippen molar-refractivity contribution in [3.05, 3.63) is 0 Å². The molecule has 0 saturated heterocycles. The number of ether oxygens (including phenoxy) is 8. The normalized spacial score (nSPS) is 14.2. The van der Waals surface area contributed by atoms with Crippen LogP contribution in [0.2, 0.25) is 0 Å². The summed E-state index contributed by atoms with van der Waals surface area (Å²) in [5.74, 6) is -6.50. The van der Waals surface area contributed by atoms with Crippen molar-refractivity contribution in [2.75, 3.05) is 137 Å². The number of carbonyl (C=O) groups excluding carboxylic acids is 8. The summed E-state index contributed by atoms with van der Waals surface area (Å²) >= 11 is 6.81. The number of nitrogens with two attached hydrogens (primary N) is 1. The minimum atomic E-state index is -1.69. The summed E-state index contributed by atoms with van der Waals surface area (Å²) in [7, 11) is 12.9. The van der Waals surface area contributed by atoms with Crippen molar-refractivity contribution in [3.63, 3.8) is 0 Å². The molecule has 0 aliphatic rings. The zero-order valence-electron chi connectivity index (χ0n) is 46.6. The third-order valence-electron chi connectivity index (χ3n) is 11.0. The van der Waals surface area contributed by atoms with Gasteiger partial charge in [-0.2, -0.15) is 0 Å². The molecule has 0 amide bonds. The first-order chi connectivity index (χ1) is 35.2. The number of alkyl halides is 1. The molecule has 0 aromatic rings. The second-order valence-corrected chi connectivity index (χ2v) is 26.0. The molecule has 0 aromatic carbocycles. The summed E-state index contributed by atoms with van der Waals surface area (Å²) in [5.41, 5.74) is 3.25. The van der Waals surface area contributed by atoms with E-state index in [2.05, 4.69) is 5.32 Å². The van der Waals surface area contributed by atoms with Crippen LogP contribution in [0.15, 0.2) is 0 Å². The highest BCUT2D eigenvalue weighted by atomic mass is 35.5. The van der Waals surface area contributed by atoms with Crippen LogP contribution in [-0.2, 0) is 76.3 Å². The molecule has 75 heavy (non-hydrogen) atoms. The quantitative estimate of drug-likeness (QED) is 0.0245. The Morgan fingerprint density at radius 2 is 0.920 bits per heavy atom. The van der Waals surface area contributed by atoms with Crippen molar-refractivity contribution in [3.8, 4) is 0 Å². The van der Waals surface area contributed by atoms with Gasteiger partial charge in [-0.25, -0.2) is 0 Å². The average molecular weight is 1170 g/mol. The highest BCUT2D eigenvalue weighted by molar-refractivity contribution is 8.77. The average Bonchev–Trinajstić information content (AvgIpc) is 3.33. The number of likely N-dealkylation sites (N-methyl/N-ethyl adjacent to an activating group) is 2. The second-order valence-electron chi connectivity index (χ2n) is 19.7. The van der Waals surface area contributed by atoms with Crippen molar-refractivity contribution < 1.29 is 76.3 Å². The number of hydrogen-bond acceptors (Lipinski definition) is 24. The molecule has 0 radical (unpaired) electrons. The maximum atomic E-state index is 14.0. The Morgan fingerprint density at radius 3 is 1.33 bits per heavy atom. The standard InChI is InChI=1S/C50H89ClN4O16S4/c1-13-64-45(61)48(4,5)32-37(30-36(3)41(57)67-20-18-54(9)10)42(58)68-23-27-74-75-28-24-69-43(59)38(33-49(6,7)46(62)65-14-2)31-39(34-50(8,51)47(63)71-21-19-55(11)12)44(60)70-25-29-73-72-26-22-66-40(56)35-53-17-15-16-52/h36-39,53H,13-35,52H2,1-12H3. The molecule has 5 atom stereocenters. The first kappa shape index (κ1) is 72.3. The monoisotopic (exact) mass is 1160 g/mol. The minimum absolute atomic E-state index is 0.0109. The van der Waals surface area contributed by atoms with E-state index in [1.54, 1.807) is 48.5 Å². The van der Waals surface area contributed by atoms with Crippen LogP contribution in [0.3, 0.4) is 0 Å². The smallest absolute Gasteiger partial charge is 0.326 e. The predicted octanol–water partition coefficient (Wildman–Crippen LogP) is 5.68. The lowest BCUT2D eigenvalue weighted by Gasteiger charge is -2.30. The number of esters is 8. The topological polar surface area (TPSA) is 255 Å². The third-order valence-corrected chi connectivity index (χ3v) is 16.0. The van der Waals surface area contributed by atoms with E-state index in [1.165, 1.54) is 50.1 Å². The molecule has 5 unspecified atom stereocenters. The highest BCUT2D eigenvalue weighted by Crippen LogP contribution is 2.37. The number of nitrogens with one attached hydrogen (secondary N) is 1. The highest BCUT2D eigenvalue weighted by Gasteiger charge is 2.43. The molecule has 0 bridgehead atoms. The molecule has 20 nitrogen and oxygen atoms in total. The van der Waals surface area contributed by atoms with Crippen LogP contribution in [0.25, 0.3) is 0 Å². The third kappa shape index (κ3) is 34.0. The summed E-state index contributed by atoms with van der Waals surface area (Å²) in [4.78, 5) is 107. The Labute approximate surface area is 467 Å². The van der Waals surface area contributed by atoms with Crippen LogP contribution >= 0.6 is 54.8 Å². The summed E-state index contributed by atoms with van der Waals surface area (Å²) in [6.07, 6.45) is 0.460. The molecule has 0 rings (SSSR count). The molecule has 0 spiro atoms. The van der Waals surface area contributed by atoms with E-state index in [4.69, 9.17) is 55.2 Å². The van der Waals surface area contributed by atoms with E-state index >= 15 is 0 Å². The molecule has 0 fully saturated rings. The molecule has 25 heteroatoms. The fourth-order valence-corrected chi connectivity index (χ4v) is 10.5. The van der Waals surface area contributed by atoms with Gasteiger partial charge in [-0.15, -0.1) is 11.6 Å². The van der Waals surface area contributed by atoms with E-state index in [9.17, 15) is 38.4 Å². The largest absolute Gasteiger partial charge is 0.466 e. The van der Waals surface area contributed by atoms with Crippen LogP contribution in [0.5, 0.6) is 0 Å². The van der Waals surface area contributed by atoms with Gasteiger partial charge in [0, 0.05) is 36.1 Å². The van der Waals surface area contributed by atoms with Crippen molar-refractivity contribution >= 4 is 103 Å². The van der Waals surface area contributed by atoms with Gasteiger partial charge in [0.15, 0.2) is 0 Å². The zero-order chi connectivity index (χ0) is 57.0. The molecule has 0 aromatic heterocycles. The Balaban J connectivity index is 5.87. The predicted molar refractivity (Wildman–Crippen MR) is 297 cm³/mol. The second kappa shape index (κ2) is 40.5. The number of rotatable bonds is 44. The van der Waals surface area contributed by atoms with Gasteiger partial charge in [0.05, 0.1) is 54.3 Å². The number of halogens is 1. The van der Waals surface area contributed by atoms with E-state index in [0.29, 0.717) is 49.2 Å². The van der Waals surface area contributed by atoms with Crippen LogP contribution in [0.1, 0.15) is 93.9 Å². The Bertz CT molecular complexity index is 1710. The van der Waals surface area contributed by atoms with Gasteiger partial charge in [-0.3, -0.25) is 38.4 Å². The molecule has 0 saturated carbocycles. The molecule has 0 aliphatic heterocycles. The lowest BCUT2D eigenvalue weighted by molar-refractivity contribution is -0.160. The molecule has 0 aliphatic carbocycles. The van der Waals surface area contributed by atoms with Crippen LogP contribution in [0, 0.1) is 34.5 Å². The maximum absolute atomic E-state index is 14.0. The van der Waals surface area contributed by atoms with Crippen molar-refractivity contribution in [2.45, 2.75) is 98.8 Å². The van der Waals surface area contributed by atoms with Gasteiger partial charge in [0.1, 0.15) is 44.5 Å². The molecule has 3 N–H and O–H groups in total. The number of nitrogens with zero attached hydrogens (tertiary/aromatic N) is 2. The van der Waals surface area contributed by atoms with E-state index in [-0.39, 0.29) is 97.5 Å². The van der Waals surface area contributed by atoms with Gasteiger partial charge in [0.2, 0.25) is 0 Å². The number of hydrogen-bond donors (Lipinski definition) is 2. The van der Waals surface area contributed by atoms with Crippen molar-refractivity contribution in [1.82, 2.24) is 15.1 Å². The molecule has 0 heterocycles. The lowest BCUT2D eigenvalue weighted by Crippen LogP contribution is -2.39. The summed E-state index contributed by atoms with van der Waals surface area (Å²) in [6.45, 7) is 16.1. The maximum Gasteiger partial charge on any atom is 0.326 e. The van der Waals surface area contributed by atoms with Crippen molar-refractivity contribution in [2.24, 2.45) is 40.2 Å². The van der Waals surface area contributed by atoms with Gasteiger partial charge in [-0.1, -0.05) is 50.1 Å². The van der Waals surface area contributed by atoms with E-state index < -0.39 is 81.2 Å². The van der Waals surface area contributed by atoms with E-state index in [1.807, 2.05) is 38.0 Å². The van der Waals surface area contributed by atoms with Crippen molar-refractivity contribution in [1.29, 1.82) is 0 Å². The number of carbonyl (C=O) groups is 8. The van der Waals surface area contributed by atoms with E-state index in [0.717, 1.165) is 6.42 Å². The van der Waals surface area contributed by atoms with Gasteiger partial charge < -0.3 is 58.7 Å². The van der Waals surface area contributed by atoms with Gasteiger partial charge in [0.25, 0.3) is 0 Å². The SMILES string of the molecule is CCOC(=O)C(C)(C)CC(CC(C)C(=O)OCCN(C)C)C(=O)OCCSSCCOC(=O)C(CC(CC(C)(Cl)C(=O)OCCN(C)C)C(=O)OCCSSCCOC(=O)CNCCCN)CC(C)(C)C(=O)OCC.